The third-order valence-electron chi connectivity index (χ3n) is 2.62. The predicted molar refractivity (Wildman–Crippen MR) is 59.0 cm³/mol. The molecule has 1 aromatic carbocycles. The molecule has 0 fully saturated rings. The largest absolute Gasteiger partial charge is 0.496 e. The topological polar surface area (TPSA) is 38.7 Å². The highest BCUT2D eigenvalue weighted by atomic mass is 16.5. The first-order chi connectivity index (χ1) is 7.11. The van der Waals surface area contributed by atoms with E-state index in [0.29, 0.717) is 6.54 Å². The van der Waals surface area contributed by atoms with E-state index >= 15 is 0 Å². The highest BCUT2D eigenvalue weighted by Gasteiger charge is 2.11. The molecule has 0 N–H and O–H groups in total. The molecule has 3 heteroatoms. The number of ether oxygens (including phenoxy) is 1. The molecular weight excluding hydrogens is 190 g/mol. The standard InChI is InChI=1S/C12H15NO2/c1-8-5-9(2)11(6-13-7-14)12(15-4)10(8)3/h5H,6H2,1-4H3. The van der Waals surface area contributed by atoms with Gasteiger partial charge in [0.25, 0.3) is 0 Å². The lowest BCUT2D eigenvalue weighted by molar-refractivity contribution is 0.406. The molecule has 0 aliphatic carbocycles. The summed E-state index contributed by atoms with van der Waals surface area (Å²) in [6.45, 7) is 6.36. The quantitative estimate of drug-likeness (QED) is 0.561. The van der Waals surface area contributed by atoms with Gasteiger partial charge in [-0.25, -0.2) is 9.79 Å². The Bertz CT molecular complexity index is 418. The molecule has 0 bridgehead atoms. The molecular formula is C12H15NO2. The average Bonchev–Trinajstić information content (AvgIpc) is 2.21. The Kier molecular flexibility index (Phi) is 3.64. The summed E-state index contributed by atoms with van der Waals surface area (Å²) in [6, 6.07) is 2.08. The van der Waals surface area contributed by atoms with Gasteiger partial charge in [0.1, 0.15) is 5.75 Å². The first kappa shape index (κ1) is 11.5. The summed E-state index contributed by atoms with van der Waals surface area (Å²) in [5.74, 6) is 0.825. The maximum atomic E-state index is 10.1. The molecule has 0 radical (unpaired) electrons. The number of hydrogen-bond acceptors (Lipinski definition) is 3. The molecule has 0 saturated carbocycles. The Labute approximate surface area is 89.8 Å². The third kappa shape index (κ3) is 2.25. The molecule has 0 aliphatic heterocycles. The Morgan fingerprint density at radius 1 is 1.33 bits per heavy atom. The van der Waals surface area contributed by atoms with Crippen molar-refractivity contribution in [2.75, 3.05) is 7.11 Å². The van der Waals surface area contributed by atoms with Crippen LogP contribution in [0.5, 0.6) is 5.75 Å². The minimum Gasteiger partial charge on any atom is -0.496 e. The predicted octanol–water partition coefficient (Wildman–Crippen LogP) is 2.46. The van der Waals surface area contributed by atoms with Gasteiger partial charge >= 0.3 is 0 Å². The number of nitrogens with zero attached hydrogens (tertiary/aromatic N) is 1. The summed E-state index contributed by atoms with van der Waals surface area (Å²) in [7, 11) is 1.63. The zero-order valence-corrected chi connectivity index (χ0v) is 9.55. The second-order valence-electron chi connectivity index (χ2n) is 3.55. The second kappa shape index (κ2) is 4.76. The van der Waals surface area contributed by atoms with Crippen molar-refractivity contribution in [1.29, 1.82) is 0 Å². The Hall–Kier alpha value is -1.60. The third-order valence-corrected chi connectivity index (χ3v) is 2.62. The molecule has 0 atom stereocenters. The highest BCUT2D eigenvalue weighted by Crippen LogP contribution is 2.29. The molecule has 0 heterocycles. The molecule has 0 unspecified atom stereocenters. The van der Waals surface area contributed by atoms with Crippen LogP contribution in [0.2, 0.25) is 0 Å². The average molecular weight is 205 g/mol. The summed E-state index contributed by atoms with van der Waals surface area (Å²) >= 11 is 0. The zero-order valence-electron chi connectivity index (χ0n) is 9.55. The van der Waals surface area contributed by atoms with Crippen LogP contribution in [0.4, 0.5) is 0 Å². The van der Waals surface area contributed by atoms with Crippen molar-refractivity contribution in [2.45, 2.75) is 27.3 Å². The molecule has 0 aliphatic rings. The second-order valence-corrected chi connectivity index (χ2v) is 3.55. The van der Waals surface area contributed by atoms with Crippen LogP contribution in [-0.4, -0.2) is 13.2 Å². The molecule has 0 aromatic heterocycles. The van der Waals surface area contributed by atoms with Gasteiger partial charge < -0.3 is 4.74 Å². The molecule has 0 amide bonds. The Morgan fingerprint density at radius 3 is 2.53 bits per heavy atom. The minimum atomic E-state index is 0.333. The summed E-state index contributed by atoms with van der Waals surface area (Å²) in [5.41, 5.74) is 4.33. The highest BCUT2D eigenvalue weighted by molar-refractivity contribution is 5.50. The minimum absolute atomic E-state index is 0.333. The molecule has 3 nitrogen and oxygen atoms in total. The van der Waals surface area contributed by atoms with Gasteiger partial charge in [0.2, 0.25) is 6.08 Å². The molecule has 80 valence electrons. The van der Waals surface area contributed by atoms with Gasteiger partial charge in [-0.15, -0.1) is 0 Å². The SMILES string of the molecule is COc1c(C)c(C)cc(C)c1CN=C=O. The van der Waals surface area contributed by atoms with Gasteiger partial charge in [0.05, 0.1) is 13.7 Å². The van der Waals surface area contributed by atoms with Crippen LogP contribution >= 0.6 is 0 Å². The lowest BCUT2D eigenvalue weighted by Crippen LogP contribution is -1.99. The fraction of sp³-hybridized carbons (Fsp3) is 0.417. The van der Waals surface area contributed by atoms with Crippen LogP contribution in [0.15, 0.2) is 11.1 Å². The van der Waals surface area contributed by atoms with E-state index in [4.69, 9.17) is 4.74 Å². The molecule has 1 aromatic rings. The summed E-state index contributed by atoms with van der Waals surface area (Å²) in [6.07, 6.45) is 1.55. The maximum Gasteiger partial charge on any atom is 0.235 e. The van der Waals surface area contributed by atoms with Crippen molar-refractivity contribution >= 4 is 6.08 Å². The van der Waals surface area contributed by atoms with Crippen LogP contribution in [0.3, 0.4) is 0 Å². The van der Waals surface area contributed by atoms with E-state index < -0.39 is 0 Å². The smallest absolute Gasteiger partial charge is 0.235 e. The molecule has 0 saturated heterocycles. The summed E-state index contributed by atoms with van der Waals surface area (Å²) in [4.78, 5) is 13.7. The molecule has 15 heavy (non-hydrogen) atoms. The van der Waals surface area contributed by atoms with Crippen molar-refractivity contribution in [3.05, 3.63) is 28.3 Å². The number of hydrogen-bond donors (Lipinski definition) is 0. The van der Waals surface area contributed by atoms with Crippen LogP contribution in [-0.2, 0) is 11.3 Å². The number of carbonyl (C=O) groups excluding carboxylic acids is 1. The lowest BCUT2D eigenvalue weighted by atomic mass is 9.99. The van der Waals surface area contributed by atoms with Crippen LogP contribution in [0.25, 0.3) is 0 Å². The van der Waals surface area contributed by atoms with Crippen molar-refractivity contribution in [1.82, 2.24) is 0 Å². The number of benzene rings is 1. The lowest BCUT2D eigenvalue weighted by Gasteiger charge is -2.14. The van der Waals surface area contributed by atoms with Crippen LogP contribution in [0, 0.1) is 20.8 Å². The zero-order chi connectivity index (χ0) is 11.4. The fourth-order valence-electron chi connectivity index (χ4n) is 1.69. The summed E-state index contributed by atoms with van der Waals surface area (Å²) in [5, 5.41) is 0. The number of isocyanates is 1. The van der Waals surface area contributed by atoms with E-state index in [1.54, 1.807) is 13.2 Å². The van der Waals surface area contributed by atoms with Gasteiger partial charge in [-0.3, -0.25) is 0 Å². The van der Waals surface area contributed by atoms with Crippen molar-refractivity contribution < 1.29 is 9.53 Å². The Morgan fingerprint density at radius 2 is 2.00 bits per heavy atom. The van der Waals surface area contributed by atoms with Gasteiger partial charge in [-0.05, 0) is 37.5 Å². The van der Waals surface area contributed by atoms with Gasteiger partial charge in [-0.1, -0.05) is 6.07 Å². The number of aliphatic imine (C=N–C) groups is 1. The number of methoxy groups -OCH3 is 1. The fourth-order valence-corrected chi connectivity index (χ4v) is 1.69. The van der Waals surface area contributed by atoms with Gasteiger partial charge in [0, 0.05) is 5.56 Å². The van der Waals surface area contributed by atoms with Crippen LogP contribution in [0.1, 0.15) is 22.3 Å². The van der Waals surface area contributed by atoms with E-state index in [1.807, 2.05) is 20.8 Å². The van der Waals surface area contributed by atoms with Crippen LogP contribution < -0.4 is 4.74 Å². The van der Waals surface area contributed by atoms with E-state index in [2.05, 4.69) is 11.1 Å². The van der Waals surface area contributed by atoms with Crippen molar-refractivity contribution in [2.24, 2.45) is 4.99 Å². The number of rotatable bonds is 3. The molecule has 0 spiro atoms. The monoisotopic (exact) mass is 205 g/mol. The van der Waals surface area contributed by atoms with E-state index in [1.165, 1.54) is 5.56 Å². The first-order valence-corrected chi connectivity index (χ1v) is 4.79. The first-order valence-electron chi connectivity index (χ1n) is 4.79. The van der Waals surface area contributed by atoms with E-state index in [-0.39, 0.29) is 0 Å². The van der Waals surface area contributed by atoms with Gasteiger partial charge in [-0.2, -0.15) is 0 Å². The number of aryl methyl sites for hydroxylation is 2. The maximum absolute atomic E-state index is 10.1. The summed E-state index contributed by atoms with van der Waals surface area (Å²) < 4.78 is 5.35. The van der Waals surface area contributed by atoms with Crippen molar-refractivity contribution in [3.8, 4) is 5.75 Å². The van der Waals surface area contributed by atoms with Gasteiger partial charge in [0.15, 0.2) is 0 Å². The molecule has 1 rings (SSSR count). The van der Waals surface area contributed by atoms with Crippen molar-refractivity contribution in [3.63, 3.8) is 0 Å². The van der Waals surface area contributed by atoms with E-state index in [9.17, 15) is 4.79 Å². The Balaban J connectivity index is 3.34. The van der Waals surface area contributed by atoms with E-state index in [0.717, 1.165) is 22.4 Å². The normalized spacial score (nSPS) is 9.60.